The molecule has 2 aliphatic heterocycles. The smallest absolute Gasteiger partial charge is 0.172 e. The zero-order chi connectivity index (χ0) is 19.6. The molecule has 0 aromatic heterocycles. The van der Waals surface area contributed by atoms with Crippen molar-refractivity contribution in [2.75, 3.05) is 26.4 Å². The topological polar surface area (TPSA) is 66.0 Å². The van der Waals surface area contributed by atoms with Gasteiger partial charge in [-0.1, -0.05) is 13.8 Å². The van der Waals surface area contributed by atoms with E-state index in [1.165, 1.54) is 0 Å². The van der Waals surface area contributed by atoms with Crippen molar-refractivity contribution in [2.24, 2.45) is 5.41 Å². The molecular formula is C19H37NO5S. The lowest BCUT2D eigenvalue weighted by Gasteiger charge is -2.45. The van der Waals surface area contributed by atoms with Gasteiger partial charge in [0, 0.05) is 17.9 Å². The van der Waals surface area contributed by atoms with Crippen molar-refractivity contribution in [1.29, 1.82) is 0 Å². The molecular weight excluding hydrogens is 354 g/mol. The first-order valence-electron chi connectivity index (χ1n) is 9.64. The second-order valence-electron chi connectivity index (χ2n) is 9.14. The molecule has 7 heteroatoms. The van der Waals surface area contributed by atoms with Crippen LogP contribution in [0.15, 0.2) is 0 Å². The lowest BCUT2D eigenvalue weighted by atomic mass is 9.75. The third kappa shape index (κ3) is 5.06. The number of ether oxygens (including phenoxy) is 4. The predicted octanol–water partition coefficient (Wildman–Crippen LogP) is 3.13. The summed E-state index contributed by atoms with van der Waals surface area (Å²) in [4.78, 5) is 0. The Labute approximate surface area is 161 Å². The van der Waals surface area contributed by atoms with E-state index in [1.807, 2.05) is 34.6 Å². The van der Waals surface area contributed by atoms with Crippen molar-refractivity contribution in [3.05, 3.63) is 0 Å². The van der Waals surface area contributed by atoms with E-state index in [2.05, 4.69) is 18.6 Å². The van der Waals surface area contributed by atoms with Crippen LogP contribution < -0.4 is 4.72 Å². The minimum atomic E-state index is -1.17. The molecule has 2 fully saturated rings. The van der Waals surface area contributed by atoms with Crippen LogP contribution in [0, 0.1) is 5.41 Å². The van der Waals surface area contributed by atoms with E-state index in [4.69, 9.17) is 18.9 Å². The zero-order valence-electron chi connectivity index (χ0n) is 17.5. The van der Waals surface area contributed by atoms with E-state index in [-0.39, 0.29) is 16.2 Å². The van der Waals surface area contributed by atoms with Crippen molar-refractivity contribution in [2.45, 2.75) is 90.1 Å². The fourth-order valence-corrected chi connectivity index (χ4v) is 4.43. The van der Waals surface area contributed by atoms with Crippen LogP contribution in [0.5, 0.6) is 0 Å². The van der Waals surface area contributed by atoms with E-state index in [0.717, 1.165) is 19.3 Å². The molecule has 0 spiro atoms. The molecule has 154 valence electrons. The molecule has 1 N–H and O–H groups in total. The minimum Gasteiger partial charge on any atom is -0.348 e. The number of rotatable bonds is 8. The average Bonchev–Trinajstić information content (AvgIpc) is 3.15. The summed E-state index contributed by atoms with van der Waals surface area (Å²) in [6, 6.07) is -0.0318. The molecule has 2 atom stereocenters. The van der Waals surface area contributed by atoms with Crippen molar-refractivity contribution < 1.29 is 23.2 Å². The molecule has 6 nitrogen and oxygen atoms in total. The Morgan fingerprint density at radius 3 is 1.96 bits per heavy atom. The molecule has 0 radical (unpaired) electrons. The molecule has 2 heterocycles. The van der Waals surface area contributed by atoms with Gasteiger partial charge in [0.15, 0.2) is 11.6 Å². The highest BCUT2D eigenvalue weighted by atomic mass is 32.2. The van der Waals surface area contributed by atoms with Crippen LogP contribution in [-0.2, 0) is 29.9 Å². The van der Waals surface area contributed by atoms with Crippen LogP contribution in [-0.4, -0.2) is 53.0 Å². The first kappa shape index (κ1) is 22.2. The molecule has 2 rings (SSSR count). The molecule has 0 aromatic rings. The van der Waals surface area contributed by atoms with Crippen molar-refractivity contribution in [3.8, 4) is 0 Å². The lowest BCUT2D eigenvalue weighted by Crippen LogP contribution is -2.57. The summed E-state index contributed by atoms with van der Waals surface area (Å²) in [5.74, 6) is -1.20. The van der Waals surface area contributed by atoms with Gasteiger partial charge in [-0.25, -0.2) is 8.93 Å². The standard InChI is InChI=1S/C19H37NO5S/c1-16(2,3)26(21)20-15(9-8-10-18(6)22-11-12-23-18)17(4,5)19(7)24-13-14-25-19/h15,20H,8-14H2,1-7H3/t15-,26-/m1/s1. The summed E-state index contributed by atoms with van der Waals surface area (Å²) in [5, 5.41) is 0. The maximum Gasteiger partial charge on any atom is 0.172 e. The zero-order valence-corrected chi connectivity index (χ0v) is 18.3. The van der Waals surface area contributed by atoms with Crippen LogP contribution in [0.25, 0.3) is 0 Å². The van der Waals surface area contributed by atoms with Gasteiger partial charge in [0.2, 0.25) is 0 Å². The highest BCUT2D eigenvalue weighted by molar-refractivity contribution is 7.84. The summed E-state index contributed by atoms with van der Waals surface area (Å²) in [7, 11) is -1.17. The van der Waals surface area contributed by atoms with Gasteiger partial charge in [0.05, 0.1) is 42.2 Å². The second kappa shape index (κ2) is 8.13. The minimum absolute atomic E-state index is 0.0318. The Balaban J connectivity index is 2.09. The molecule has 26 heavy (non-hydrogen) atoms. The Morgan fingerprint density at radius 2 is 1.46 bits per heavy atom. The summed E-state index contributed by atoms with van der Waals surface area (Å²) >= 11 is 0. The van der Waals surface area contributed by atoms with Gasteiger partial charge in [-0.05, 0) is 47.5 Å². The molecule has 0 aliphatic carbocycles. The fourth-order valence-electron chi connectivity index (χ4n) is 3.40. The second-order valence-corrected chi connectivity index (χ2v) is 11.1. The maximum absolute atomic E-state index is 12.8. The molecule has 0 saturated carbocycles. The molecule has 0 unspecified atom stereocenters. The van der Waals surface area contributed by atoms with Gasteiger partial charge in [-0.3, -0.25) is 0 Å². The van der Waals surface area contributed by atoms with Crippen LogP contribution in [0.4, 0.5) is 0 Å². The van der Waals surface area contributed by atoms with E-state index < -0.39 is 22.6 Å². The number of hydrogen-bond acceptors (Lipinski definition) is 5. The average molecular weight is 392 g/mol. The van der Waals surface area contributed by atoms with Gasteiger partial charge in [-0.2, -0.15) is 0 Å². The number of hydrogen-bond donors (Lipinski definition) is 1. The van der Waals surface area contributed by atoms with Gasteiger partial charge in [-0.15, -0.1) is 0 Å². The quantitative estimate of drug-likeness (QED) is 0.689. The lowest BCUT2D eigenvalue weighted by molar-refractivity contribution is -0.222. The van der Waals surface area contributed by atoms with Gasteiger partial charge < -0.3 is 18.9 Å². The van der Waals surface area contributed by atoms with Crippen molar-refractivity contribution in [3.63, 3.8) is 0 Å². The Kier molecular flexibility index (Phi) is 6.96. The Hall–Kier alpha value is -0.0500. The fraction of sp³-hybridized carbons (Fsp3) is 1.00. The van der Waals surface area contributed by atoms with Crippen molar-refractivity contribution in [1.82, 2.24) is 4.72 Å². The van der Waals surface area contributed by atoms with Gasteiger partial charge >= 0.3 is 0 Å². The Bertz CT molecular complexity index is 491. The van der Waals surface area contributed by atoms with E-state index in [9.17, 15) is 4.21 Å². The SMILES string of the molecule is CC1(CCC[C@@H](N[S@](=O)C(C)(C)C)C(C)(C)C2(C)OCCO2)OCCO1. The third-order valence-electron chi connectivity index (χ3n) is 5.71. The number of nitrogens with one attached hydrogen (secondary N) is 1. The van der Waals surface area contributed by atoms with Crippen LogP contribution >= 0.6 is 0 Å². The summed E-state index contributed by atoms with van der Waals surface area (Å²) in [5.41, 5.74) is -0.358. The van der Waals surface area contributed by atoms with E-state index in [0.29, 0.717) is 26.4 Å². The molecule has 2 saturated heterocycles. The van der Waals surface area contributed by atoms with Crippen molar-refractivity contribution >= 4 is 11.0 Å². The van der Waals surface area contributed by atoms with Gasteiger partial charge in [0.25, 0.3) is 0 Å². The molecule has 0 amide bonds. The highest BCUT2D eigenvalue weighted by Gasteiger charge is 2.51. The summed E-state index contributed by atoms with van der Waals surface area (Å²) in [6.07, 6.45) is 2.54. The van der Waals surface area contributed by atoms with Crippen LogP contribution in [0.2, 0.25) is 0 Å². The van der Waals surface area contributed by atoms with Gasteiger partial charge in [0.1, 0.15) is 0 Å². The normalized spacial score (nSPS) is 25.3. The predicted molar refractivity (Wildman–Crippen MR) is 103 cm³/mol. The molecule has 2 aliphatic rings. The molecule has 0 bridgehead atoms. The summed E-state index contributed by atoms with van der Waals surface area (Å²) < 4.78 is 39.1. The summed E-state index contributed by atoms with van der Waals surface area (Å²) in [6.45, 7) is 16.6. The Morgan fingerprint density at radius 1 is 0.962 bits per heavy atom. The maximum atomic E-state index is 12.8. The third-order valence-corrected chi connectivity index (χ3v) is 7.32. The monoisotopic (exact) mass is 391 g/mol. The highest BCUT2D eigenvalue weighted by Crippen LogP contribution is 2.43. The van der Waals surface area contributed by atoms with Crippen LogP contribution in [0.1, 0.15) is 67.7 Å². The first-order chi connectivity index (χ1) is 11.9. The van der Waals surface area contributed by atoms with E-state index >= 15 is 0 Å². The first-order valence-corrected chi connectivity index (χ1v) is 10.8. The largest absolute Gasteiger partial charge is 0.348 e. The van der Waals surface area contributed by atoms with Crippen LogP contribution in [0.3, 0.4) is 0 Å². The molecule has 0 aromatic carbocycles. The van der Waals surface area contributed by atoms with E-state index in [1.54, 1.807) is 0 Å².